The van der Waals surface area contributed by atoms with Crippen molar-refractivity contribution in [1.29, 1.82) is 0 Å². The van der Waals surface area contributed by atoms with E-state index < -0.39 is 47.1 Å². The second kappa shape index (κ2) is 32.0. The Bertz CT molecular complexity index is 2500. The maximum absolute atomic E-state index is 14.1. The molecule has 0 spiro atoms. The first kappa shape index (κ1) is 65.7. The third kappa shape index (κ3) is 20.1. The molecule has 18 nitrogen and oxygen atoms in total. The second-order valence-electron chi connectivity index (χ2n) is 23.8. The van der Waals surface area contributed by atoms with Gasteiger partial charge in [-0.25, -0.2) is 9.97 Å². The molecule has 6 atom stereocenters. The van der Waals surface area contributed by atoms with Crippen LogP contribution in [0, 0.1) is 30.6 Å². The van der Waals surface area contributed by atoms with Crippen molar-refractivity contribution in [2.45, 2.75) is 157 Å². The van der Waals surface area contributed by atoms with Crippen LogP contribution in [0.3, 0.4) is 0 Å². The van der Waals surface area contributed by atoms with Gasteiger partial charge in [-0.2, -0.15) is 0 Å². The van der Waals surface area contributed by atoms with Gasteiger partial charge < -0.3 is 54.9 Å². The van der Waals surface area contributed by atoms with Crippen LogP contribution in [0.4, 0.5) is 0 Å². The number of thiazole rings is 2. The van der Waals surface area contributed by atoms with Gasteiger partial charge in [0.1, 0.15) is 25.3 Å². The number of β-amino-alcohol motifs (C(OH)–C–C–N with tert-alkyl or cyclic N) is 2. The van der Waals surface area contributed by atoms with Crippen molar-refractivity contribution < 1.29 is 53.1 Å². The zero-order valence-corrected chi connectivity index (χ0v) is 51.1. The Kier molecular flexibility index (Phi) is 25.6. The molecular weight excluding hydrogens is 1080 g/mol. The minimum atomic E-state index is -0.841. The average Bonchev–Trinajstić information content (AvgIpc) is 4.32. The maximum Gasteiger partial charge on any atom is 0.246 e. The van der Waals surface area contributed by atoms with Crippen LogP contribution in [-0.4, -0.2) is 156 Å². The van der Waals surface area contributed by atoms with E-state index >= 15 is 0 Å². The summed E-state index contributed by atoms with van der Waals surface area (Å²) in [6, 6.07) is 14.0. The monoisotopic (exact) mass is 1170 g/mol. The number of aliphatic hydroxyl groups excluding tert-OH is 2. The Morgan fingerprint density at radius 2 is 1.06 bits per heavy atom. The standard InChI is InChI=1S/C62H89N7O11S2/c1-41(63-33-44-16-20-46(21-17-44)55-42(2)65-39-81-55)52-31-48(70)35-68(52)60(76)57(62(7,8)9)67-54(73)38-80-29-15-13-27-78-25-11-10-24-77-26-12-14-28-79-37-50(72)30-51(61(4,5)6)59(75)69-36-49(71)32-53(69)58(74)64-34-45-18-22-47(23-19-45)56-43(3)66-40-82-56/h16-23,39-40,48-49,51-53,57,63,70-71H,1,10-15,24-38H2,2-9H3,(H,64,74)(H,67,73)/t48-,49-,51-,52+,53+,57-/m1/s1. The van der Waals surface area contributed by atoms with Gasteiger partial charge in [0.25, 0.3) is 0 Å². The summed E-state index contributed by atoms with van der Waals surface area (Å²) >= 11 is 3.19. The predicted molar refractivity (Wildman–Crippen MR) is 320 cm³/mol. The summed E-state index contributed by atoms with van der Waals surface area (Å²) in [6.07, 6.45) is 3.59. The summed E-state index contributed by atoms with van der Waals surface area (Å²) in [4.78, 5) is 81.8. The van der Waals surface area contributed by atoms with Gasteiger partial charge in [-0.3, -0.25) is 24.0 Å². The fourth-order valence-electron chi connectivity index (χ4n) is 10.1. The number of nitrogens with one attached hydrogen (secondary N) is 3. The molecule has 6 rings (SSSR count). The molecule has 450 valence electrons. The van der Waals surface area contributed by atoms with Gasteiger partial charge in [0.05, 0.1) is 50.4 Å². The zero-order chi connectivity index (χ0) is 59.4. The molecule has 2 aliphatic rings. The zero-order valence-electron chi connectivity index (χ0n) is 49.5. The lowest BCUT2D eigenvalue weighted by molar-refractivity contribution is -0.146. The van der Waals surface area contributed by atoms with Gasteiger partial charge in [0.15, 0.2) is 5.78 Å². The molecule has 0 bridgehead atoms. The van der Waals surface area contributed by atoms with Gasteiger partial charge in [0, 0.05) is 96.7 Å². The summed E-state index contributed by atoms with van der Waals surface area (Å²) in [5, 5.41) is 30.5. The minimum Gasteiger partial charge on any atom is -0.391 e. The summed E-state index contributed by atoms with van der Waals surface area (Å²) < 4.78 is 23.0. The van der Waals surface area contributed by atoms with Crippen molar-refractivity contribution >= 4 is 52.1 Å². The number of carbonyl (C=O) groups is 5. The quantitative estimate of drug-likeness (QED) is 0.0285. The number of ketones is 1. The molecule has 2 fully saturated rings. The van der Waals surface area contributed by atoms with Crippen LogP contribution in [-0.2, 0) is 56.0 Å². The van der Waals surface area contributed by atoms with Crippen LogP contribution in [0.25, 0.3) is 20.9 Å². The Labute approximate surface area is 493 Å². The van der Waals surface area contributed by atoms with E-state index in [1.54, 1.807) is 27.6 Å². The summed E-state index contributed by atoms with van der Waals surface area (Å²) in [5.74, 6) is -2.21. The topological polar surface area (TPSA) is 231 Å². The molecule has 0 radical (unpaired) electrons. The van der Waals surface area contributed by atoms with E-state index in [4.69, 9.17) is 18.9 Å². The maximum atomic E-state index is 14.1. The van der Waals surface area contributed by atoms with E-state index in [1.807, 2.05) is 90.7 Å². The molecule has 4 aromatic rings. The third-order valence-corrected chi connectivity index (χ3v) is 16.9. The number of likely N-dealkylation sites (tertiary alicyclic amines) is 2. The minimum absolute atomic E-state index is 0.0289. The van der Waals surface area contributed by atoms with E-state index in [0.717, 1.165) is 75.5 Å². The molecule has 5 N–H and O–H groups in total. The van der Waals surface area contributed by atoms with Crippen molar-refractivity contribution in [3.05, 3.63) is 94.3 Å². The predicted octanol–water partition coefficient (Wildman–Crippen LogP) is 7.95. The Morgan fingerprint density at radius 3 is 1.51 bits per heavy atom. The number of aromatic nitrogens is 2. The molecule has 20 heteroatoms. The highest BCUT2D eigenvalue weighted by Gasteiger charge is 2.45. The molecule has 0 saturated carbocycles. The number of nitrogens with zero attached hydrogens (tertiary/aromatic N) is 4. The first-order valence-corrected chi connectivity index (χ1v) is 30.6. The van der Waals surface area contributed by atoms with Crippen LogP contribution < -0.4 is 16.0 Å². The van der Waals surface area contributed by atoms with Gasteiger partial charge in [0.2, 0.25) is 23.6 Å². The molecule has 2 aromatic heterocycles. The smallest absolute Gasteiger partial charge is 0.246 e. The van der Waals surface area contributed by atoms with Gasteiger partial charge in [-0.15, -0.1) is 22.7 Å². The molecule has 82 heavy (non-hydrogen) atoms. The SMILES string of the molecule is C=C(NCc1ccc(-c2scnc2C)cc1)[C@@H]1C[C@@H](O)CN1C(=O)[C@@H](NC(=O)COCCCCOCCCCOCCCCOCC(=O)C[C@H](C(=O)N1C[C@H](O)C[C@H]1C(=O)NCc1ccc(-c2scnc2C)cc1)C(C)(C)C)C(C)(C)C. The highest BCUT2D eigenvalue weighted by molar-refractivity contribution is 7.13. The first-order valence-electron chi connectivity index (χ1n) is 28.9. The third-order valence-electron chi connectivity index (χ3n) is 14.9. The molecule has 4 heterocycles. The van der Waals surface area contributed by atoms with Crippen molar-refractivity contribution in [2.75, 3.05) is 65.9 Å². The van der Waals surface area contributed by atoms with Gasteiger partial charge in [-0.1, -0.05) is 96.7 Å². The Morgan fingerprint density at radius 1 is 0.622 bits per heavy atom. The molecule has 0 aliphatic carbocycles. The van der Waals surface area contributed by atoms with Crippen molar-refractivity contribution in [2.24, 2.45) is 16.7 Å². The Hall–Kier alpha value is -5.45. The molecule has 0 unspecified atom stereocenters. The van der Waals surface area contributed by atoms with Gasteiger partial charge >= 0.3 is 0 Å². The average molecular weight is 1170 g/mol. The van der Waals surface area contributed by atoms with Crippen molar-refractivity contribution in [3.8, 4) is 20.9 Å². The lowest BCUT2D eigenvalue weighted by atomic mass is 9.77. The number of ether oxygens (including phenoxy) is 4. The first-order chi connectivity index (χ1) is 39.1. The highest BCUT2D eigenvalue weighted by atomic mass is 32.1. The van der Waals surface area contributed by atoms with Crippen LogP contribution in [0.2, 0.25) is 0 Å². The number of rotatable bonds is 33. The van der Waals surface area contributed by atoms with E-state index in [1.165, 1.54) is 4.90 Å². The summed E-state index contributed by atoms with van der Waals surface area (Å²) in [5.41, 5.74) is 9.20. The number of aliphatic hydroxyl groups is 2. The van der Waals surface area contributed by atoms with E-state index in [2.05, 4.69) is 56.8 Å². The fraction of sp³-hybridized carbons (Fsp3) is 0.597. The van der Waals surface area contributed by atoms with Crippen LogP contribution in [0.15, 0.2) is 71.8 Å². The number of amides is 4. The van der Waals surface area contributed by atoms with Crippen LogP contribution in [0.5, 0.6) is 0 Å². The lowest BCUT2D eigenvalue weighted by Crippen LogP contribution is -2.57. The summed E-state index contributed by atoms with van der Waals surface area (Å²) in [6.45, 7) is 23.4. The normalized spacial score (nSPS) is 18.1. The van der Waals surface area contributed by atoms with Crippen LogP contribution >= 0.6 is 22.7 Å². The number of unbranched alkanes of at least 4 members (excludes halogenated alkanes) is 3. The number of aryl methyl sites for hydroxylation is 2. The summed E-state index contributed by atoms with van der Waals surface area (Å²) in [7, 11) is 0. The van der Waals surface area contributed by atoms with Crippen molar-refractivity contribution in [1.82, 2.24) is 35.7 Å². The number of hydrogen-bond acceptors (Lipinski definition) is 16. The molecule has 2 aromatic carbocycles. The second-order valence-corrected chi connectivity index (χ2v) is 25.5. The molecular formula is C62H89N7O11S2. The largest absolute Gasteiger partial charge is 0.391 e. The molecule has 2 saturated heterocycles. The van der Waals surface area contributed by atoms with Crippen LogP contribution in [0.1, 0.15) is 122 Å². The fourth-order valence-corrected chi connectivity index (χ4v) is 11.7. The van der Waals surface area contributed by atoms with E-state index in [0.29, 0.717) is 64.7 Å². The lowest BCUT2D eigenvalue weighted by Gasteiger charge is -2.36. The number of benzene rings is 2. The highest BCUT2D eigenvalue weighted by Crippen LogP contribution is 2.35. The van der Waals surface area contributed by atoms with Crippen molar-refractivity contribution in [3.63, 3.8) is 0 Å². The van der Waals surface area contributed by atoms with E-state index in [-0.39, 0.29) is 75.1 Å². The Balaban J connectivity index is 0.763. The van der Waals surface area contributed by atoms with E-state index in [9.17, 15) is 34.2 Å². The number of hydrogen-bond donors (Lipinski definition) is 5. The molecule has 2 aliphatic heterocycles. The number of carbonyl (C=O) groups excluding carboxylic acids is 5. The van der Waals surface area contributed by atoms with Gasteiger partial charge in [-0.05, 0) is 85.5 Å². The number of Topliss-reactive ketones (excluding diaryl/α,β-unsaturated/α-hetero) is 1. The molecule has 4 amide bonds.